The average molecular weight is 455 g/mol. The van der Waals surface area contributed by atoms with Crippen LogP contribution in [0.3, 0.4) is 0 Å². The largest absolute Gasteiger partial charge is 0.488 e. The van der Waals surface area contributed by atoms with Gasteiger partial charge in [-0.25, -0.2) is 4.39 Å². The number of hydrogen-bond donors (Lipinski definition) is 1. The predicted octanol–water partition coefficient (Wildman–Crippen LogP) is 7.09. The third-order valence-electron chi connectivity index (χ3n) is 3.75. The molecule has 0 amide bonds. The summed E-state index contributed by atoms with van der Waals surface area (Å²) >= 11 is 15.6. The molecule has 0 aliphatic carbocycles. The number of nitrogens with one attached hydrogen (secondary N) is 1. The molecule has 3 aromatic rings. The van der Waals surface area contributed by atoms with Crippen LogP contribution in [-0.4, -0.2) is 0 Å². The lowest BCUT2D eigenvalue weighted by Crippen LogP contribution is -2.02. The summed E-state index contributed by atoms with van der Waals surface area (Å²) in [6, 6.07) is 17.6. The number of ether oxygens (including phenoxy) is 1. The summed E-state index contributed by atoms with van der Waals surface area (Å²) in [4.78, 5) is 0. The van der Waals surface area contributed by atoms with Crippen molar-refractivity contribution in [1.29, 1.82) is 0 Å². The molecule has 0 spiro atoms. The molecule has 3 rings (SSSR count). The standard InChI is InChI=1S/C20H15BrCl2FNO/c21-16-9-13(11-25-19-7-6-15(22)10-17(19)23)5-8-20(16)26-12-14-3-1-2-4-18(14)24/h1-10,25H,11-12H2. The summed E-state index contributed by atoms with van der Waals surface area (Å²) in [7, 11) is 0. The van der Waals surface area contributed by atoms with Crippen molar-refractivity contribution in [3.05, 3.63) is 92.1 Å². The zero-order chi connectivity index (χ0) is 18.5. The van der Waals surface area contributed by atoms with E-state index in [-0.39, 0.29) is 12.4 Å². The average Bonchev–Trinajstić information content (AvgIpc) is 2.61. The van der Waals surface area contributed by atoms with Crippen LogP contribution in [0, 0.1) is 5.82 Å². The van der Waals surface area contributed by atoms with Gasteiger partial charge < -0.3 is 10.1 Å². The van der Waals surface area contributed by atoms with Crippen LogP contribution in [0.25, 0.3) is 0 Å². The Hall–Kier alpha value is -1.75. The van der Waals surface area contributed by atoms with Crippen LogP contribution >= 0.6 is 39.1 Å². The van der Waals surface area contributed by atoms with Crippen LogP contribution in [-0.2, 0) is 13.2 Å². The molecular weight excluding hydrogens is 440 g/mol. The number of hydrogen-bond acceptors (Lipinski definition) is 2. The second-order valence-corrected chi connectivity index (χ2v) is 7.32. The SMILES string of the molecule is Fc1ccccc1COc1ccc(CNc2ccc(Cl)cc2Cl)cc1Br. The van der Waals surface area contributed by atoms with Crippen LogP contribution in [0.15, 0.2) is 65.1 Å². The van der Waals surface area contributed by atoms with Crippen molar-refractivity contribution < 1.29 is 9.13 Å². The molecule has 0 heterocycles. The van der Waals surface area contributed by atoms with E-state index in [0.29, 0.717) is 27.9 Å². The fraction of sp³-hybridized carbons (Fsp3) is 0.100. The Bertz CT molecular complexity index is 920. The molecule has 0 saturated carbocycles. The molecular formula is C20H15BrCl2FNO. The molecule has 0 fully saturated rings. The van der Waals surface area contributed by atoms with Crippen LogP contribution in [0.1, 0.15) is 11.1 Å². The Labute approximate surface area is 170 Å². The molecule has 0 aliphatic heterocycles. The van der Waals surface area contributed by atoms with Gasteiger partial charge in [0.2, 0.25) is 0 Å². The summed E-state index contributed by atoms with van der Waals surface area (Å²) in [5.74, 6) is 0.380. The molecule has 0 aromatic heterocycles. The van der Waals surface area contributed by atoms with Crippen molar-refractivity contribution in [2.75, 3.05) is 5.32 Å². The Balaban J connectivity index is 1.63. The van der Waals surface area contributed by atoms with E-state index < -0.39 is 0 Å². The lowest BCUT2D eigenvalue weighted by Gasteiger charge is -2.12. The highest BCUT2D eigenvalue weighted by atomic mass is 79.9. The second kappa shape index (κ2) is 8.76. The quantitative estimate of drug-likeness (QED) is 0.429. The first kappa shape index (κ1) is 19.0. The molecule has 1 N–H and O–H groups in total. The highest BCUT2D eigenvalue weighted by Crippen LogP contribution is 2.29. The van der Waals surface area contributed by atoms with Crippen molar-refractivity contribution in [2.45, 2.75) is 13.2 Å². The van der Waals surface area contributed by atoms with E-state index in [1.54, 1.807) is 30.3 Å². The zero-order valence-corrected chi connectivity index (χ0v) is 16.7. The molecule has 134 valence electrons. The normalized spacial score (nSPS) is 10.6. The van der Waals surface area contributed by atoms with Gasteiger partial charge in [-0.2, -0.15) is 0 Å². The molecule has 3 aromatic carbocycles. The van der Waals surface area contributed by atoms with E-state index in [0.717, 1.165) is 15.7 Å². The van der Waals surface area contributed by atoms with Gasteiger partial charge >= 0.3 is 0 Å². The number of rotatable bonds is 6. The Morgan fingerprint density at radius 1 is 1.00 bits per heavy atom. The third kappa shape index (κ3) is 4.91. The van der Waals surface area contributed by atoms with E-state index in [1.807, 2.05) is 24.3 Å². The van der Waals surface area contributed by atoms with Crippen LogP contribution < -0.4 is 10.1 Å². The Kier molecular flexibility index (Phi) is 6.41. The topological polar surface area (TPSA) is 21.3 Å². The monoisotopic (exact) mass is 453 g/mol. The molecule has 0 atom stereocenters. The number of anilines is 1. The Morgan fingerprint density at radius 2 is 1.81 bits per heavy atom. The predicted molar refractivity (Wildman–Crippen MR) is 109 cm³/mol. The van der Waals surface area contributed by atoms with E-state index >= 15 is 0 Å². The van der Waals surface area contributed by atoms with Gasteiger partial charge in [0.25, 0.3) is 0 Å². The van der Waals surface area contributed by atoms with Gasteiger partial charge in [0.05, 0.1) is 15.2 Å². The molecule has 26 heavy (non-hydrogen) atoms. The number of halogens is 4. The van der Waals surface area contributed by atoms with Gasteiger partial charge in [0.15, 0.2) is 0 Å². The van der Waals surface area contributed by atoms with Crippen molar-refractivity contribution in [2.24, 2.45) is 0 Å². The second-order valence-electron chi connectivity index (χ2n) is 5.62. The van der Waals surface area contributed by atoms with Crippen LogP contribution in [0.4, 0.5) is 10.1 Å². The first-order chi connectivity index (χ1) is 12.5. The van der Waals surface area contributed by atoms with Crippen molar-refractivity contribution >= 4 is 44.8 Å². The fourth-order valence-corrected chi connectivity index (χ4v) is 3.39. The molecule has 0 unspecified atom stereocenters. The molecule has 0 bridgehead atoms. The minimum absolute atomic E-state index is 0.170. The molecule has 0 radical (unpaired) electrons. The van der Waals surface area contributed by atoms with Crippen LogP contribution in [0.5, 0.6) is 5.75 Å². The zero-order valence-electron chi connectivity index (χ0n) is 13.6. The highest BCUT2D eigenvalue weighted by Gasteiger charge is 2.07. The summed E-state index contributed by atoms with van der Waals surface area (Å²) in [6.07, 6.45) is 0. The fourth-order valence-electron chi connectivity index (χ4n) is 2.37. The van der Waals surface area contributed by atoms with E-state index in [1.165, 1.54) is 6.07 Å². The van der Waals surface area contributed by atoms with E-state index in [4.69, 9.17) is 27.9 Å². The van der Waals surface area contributed by atoms with Crippen molar-refractivity contribution in [1.82, 2.24) is 0 Å². The van der Waals surface area contributed by atoms with E-state index in [9.17, 15) is 4.39 Å². The van der Waals surface area contributed by atoms with Gasteiger partial charge in [-0.05, 0) is 57.9 Å². The van der Waals surface area contributed by atoms with Gasteiger partial charge in [-0.3, -0.25) is 0 Å². The first-order valence-electron chi connectivity index (χ1n) is 7.86. The minimum atomic E-state index is -0.274. The van der Waals surface area contributed by atoms with Crippen molar-refractivity contribution in [3.63, 3.8) is 0 Å². The minimum Gasteiger partial charge on any atom is -0.488 e. The van der Waals surface area contributed by atoms with E-state index in [2.05, 4.69) is 21.2 Å². The van der Waals surface area contributed by atoms with Gasteiger partial charge in [0.1, 0.15) is 18.2 Å². The van der Waals surface area contributed by atoms with Crippen molar-refractivity contribution in [3.8, 4) is 5.75 Å². The maximum absolute atomic E-state index is 13.7. The smallest absolute Gasteiger partial charge is 0.134 e. The lowest BCUT2D eigenvalue weighted by molar-refractivity contribution is 0.298. The summed E-state index contributed by atoms with van der Waals surface area (Å²) in [5, 5.41) is 4.43. The maximum atomic E-state index is 13.7. The summed E-state index contributed by atoms with van der Waals surface area (Å²) in [6.45, 7) is 0.761. The lowest BCUT2D eigenvalue weighted by atomic mass is 10.2. The van der Waals surface area contributed by atoms with Crippen LogP contribution in [0.2, 0.25) is 10.0 Å². The summed E-state index contributed by atoms with van der Waals surface area (Å²) < 4.78 is 20.2. The van der Waals surface area contributed by atoms with Gasteiger partial charge in [0, 0.05) is 17.1 Å². The molecule has 0 aliphatic rings. The molecule has 6 heteroatoms. The highest BCUT2D eigenvalue weighted by molar-refractivity contribution is 9.10. The third-order valence-corrected chi connectivity index (χ3v) is 4.92. The number of benzene rings is 3. The van der Waals surface area contributed by atoms with Gasteiger partial charge in [-0.1, -0.05) is 47.5 Å². The molecule has 0 saturated heterocycles. The Morgan fingerprint density at radius 3 is 2.54 bits per heavy atom. The maximum Gasteiger partial charge on any atom is 0.134 e. The molecule has 2 nitrogen and oxygen atoms in total. The summed E-state index contributed by atoms with van der Waals surface area (Å²) in [5.41, 5.74) is 2.37. The van der Waals surface area contributed by atoms with Gasteiger partial charge in [-0.15, -0.1) is 0 Å². The first-order valence-corrected chi connectivity index (χ1v) is 9.41.